The molecule has 0 aromatic heterocycles. The number of aliphatic hydroxyl groups excluding tert-OH is 4. The number of aliphatic hydroxyl groups is 4. The minimum Gasteiger partial charge on any atom is -0.391 e. The van der Waals surface area contributed by atoms with Crippen molar-refractivity contribution >= 4 is 6.29 Å². The van der Waals surface area contributed by atoms with Crippen LogP contribution in [0.3, 0.4) is 0 Å². The van der Waals surface area contributed by atoms with Gasteiger partial charge >= 0.3 is 1.43 Å². The summed E-state index contributed by atoms with van der Waals surface area (Å²) in [7, 11) is 0. The van der Waals surface area contributed by atoms with Crippen LogP contribution in [0.4, 0.5) is 0 Å². The van der Waals surface area contributed by atoms with Crippen molar-refractivity contribution in [3.05, 3.63) is 0 Å². The van der Waals surface area contributed by atoms with E-state index in [0.29, 0.717) is 0 Å². The Balaban J connectivity index is 0. The number of aldehydes is 1. The highest BCUT2D eigenvalue weighted by atomic mass is 16.4. The van der Waals surface area contributed by atoms with Crippen LogP contribution >= 0.6 is 0 Å². The summed E-state index contributed by atoms with van der Waals surface area (Å²) in [6.07, 6.45) is -5.88. The zero-order chi connectivity index (χ0) is 9.02. The first-order valence-corrected chi connectivity index (χ1v) is 3.18. The lowest BCUT2D eigenvalue weighted by atomic mass is 10.1. The van der Waals surface area contributed by atoms with Crippen LogP contribution in [0.1, 0.15) is 8.35 Å². The molecule has 0 rings (SSSR count). The van der Waals surface area contributed by atoms with Gasteiger partial charge in [-0.1, -0.05) is 0 Å². The summed E-state index contributed by atoms with van der Waals surface area (Å²) < 4.78 is 0. The van der Waals surface area contributed by atoms with Gasteiger partial charge in [-0.3, -0.25) is 0 Å². The van der Waals surface area contributed by atoms with Gasteiger partial charge in [0.05, 0.1) is 6.10 Å². The minimum absolute atomic E-state index is 0. The van der Waals surface area contributed by atoms with E-state index in [1.807, 2.05) is 0 Å². The lowest BCUT2D eigenvalue weighted by Crippen LogP contribution is -2.43. The third kappa shape index (κ3) is 2.94. The number of carbonyl (C=O) groups excluding carboxylic acids is 1. The van der Waals surface area contributed by atoms with Gasteiger partial charge in [0, 0.05) is 0 Å². The normalized spacial score (nSPS) is 21.9. The number of hydrogen-bond donors (Lipinski definition) is 4. The Kier molecular flexibility index (Phi) is 4.20. The second-order valence-corrected chi connectivity index (χ2v) is 2.35. The maximum Gasteiger partial charge on any atom is 1.00 e. The van der Waals surface area contributed by atoms with E-state index in [-0.39, 0.29) is 7.71 Å². The summed E-state index contributed by atoms with van der Waals surface area (Å²) in [5.41, 5.74) is 0. The molecule has 0 saturated carbocycles. The number of hydrogen-bond acceptors (Lipinski definition) is 5. The predicted octanol–water partition coefficient (Wildman–Crippen LogP) is -2.24. The van der Waals surface area contributed by atoms with E-state index in [0.717, 1.165) is 0 Å². The standard InChI is InChI=1S/C6H12O5/c1-3(8)5(10)6(11)4(9)2-7/h2-6,8-11H,1H3/p+1/t3-,4+,5-,6-/m1/s1. The van der Waals surface area contributed by atoms with E-state index in [1.54, 1.807) is 0 Å². The Labute approximate surface area is 65.4 Å². The van der Waals surface area contributed by atoms with Crippen molar-refractivity contribution in [2.24, 2.45) is 0 Å². The molecule has 0 aliphatic carbocycles. The van der Waals surface area contributed by atoms with Crippen molar-refractivity contribution in [2.45, 2.75) is 31.3 Å². The van der Waals surface area contributed by atoms with E-state index < -0.39 is 24.4 Å². The molecule has 0 aromatic rings. The Bertz CT molecular complexity index is 129. The first-order valence-electron chi connectivity index (χ1n) is 3.18. The molecule has 0 heterocycles. The fourth-order valence-corrected chi connectivity index (χ4v) is 0.568. The van der Waals surface area contributed by atoms with Gasteiger partial charge in [-0.15, -0.1) is 0 Å². The maximum absolute atomic E-state index is 9.87. The molecule has 0 amide bonds. The summed E-state index contributed by atoms with van der Waals surface area (Å²) >= 11 is 0. The van der Waals surface area contributed by atoms with E-state index >= 15 is 0 Å². The highest BCUT2D eigenvalue weighted by molar-refractivity contribution is 5.56. The molecule has 0 saturated heterocycles. The van der Waals surface area contributed by atoms with Gasteiger partial charge < -0.3 is 25.2 Å². The molecule has 0 aliphatic rings. The van der Waals surface area contributed by atoms with E-state index in [4.69, 9.17) is 20.4 Å². The highest BCUT2D eigenvalue weighted by Gasteiger charge is 2.27. The second-order valence-electron chi connectivity index (χ2n) is 2.35. The third-order valence-corrected chi connectivity index (χ3v) is 1.33. The monoisotopic (exact) mass is 165 g/mol. The second kappa shape index (κ2) is 4.40. The van der Waals surface area contributed by atoms with Gasteiger partial charge in [0.2, 0.25) is 0 Å². The summed E-state index contributed by atoms with van der Waals surface area (Å²) in [6.45, 7) is 1.24. The van der Waals surface area contributed by atoms with Gasteiger partial charge in [-0.25, -0.2) is 0 Å². The molecule has 0 aliphatic heterocycles. The molecule has 66 valence electrons. The van der Waals surface area contributed by atoms with Crippen molar-refractivity contribution < 1.29 is 26.6 Å². The molecule has 0 aromatic carbocycles. The Hall–Kier alpha value is -0.490. The summed E-state index contributed by atoms with van der Waals surface area (Å²) in [6, 6.07) is 0. The van der Waals surface area contributed by atoms with Gasteiger partial charge in [0.15, 0.2) is 6.29 Å². The third-order valence-electron chi connectivity index (χ3n) is 1.33. The smallest absolute Gasteiger partial charge is 0.391 e. The van der Waals surface area contributed by atoms with Crippen molar-refractivity contribution in [2.75, 3.05) is 0 Å². The van der Waals surface area contributed by atoms with Gasteiger partial charge in [0.25, 0.3) is 0 Å². The quantitative estimate of drug-likeness (QED) is 0.353. The zero-order valence-electron chi connectivity index (χ0n) is 7.08. The Morgan fingerprint density at radius 3 is 1.91 bits per heavy atom. The van der Waals surface area contributed by atoms with E-state index in [1.165, 1.54) is 6.92 Å². The lowest BCUT2D eigenvalue weighted by molar-refractivity contribution is -0.132. The first-order chi connectivity index (χ1) is 5.00. The number of carbonyl (C=O) groups is 1. The van der Waals surface area contributed by atoms with Crippen molar-refractivity contribution in [3.8, 4) is 0 Å². The molecule has 4 atom stereocenters. The SMILES string of the molecule is C[C@@H](O)[C@@H](O)[C@H](O)[C@@H](O)C=O.[H+]. The molecule has 11 heavy (non-hydrogen) atoms. The zero-order valence-corrected chi connectivity index (χ0v) is 6.08. The van der Waals surface area contributed by atoms with Crippen LogP contribution in [0, 0.1) is 0 Å². The summed E-state index contributed by atoms with van der Waals surface area (Å²) in [5.74, 6) is 0. The number of rotatable bonds is 4. The van der Waals surface area contributed by atoms with E-state index in [2.05, 4.69) is 0 Å². The van der Waals surface area contributed by atoms with Crippen molar-refractivity contribution in [1.82, 2.24) is 0 Å². The van der Waals surface area contributed by atoms with Crippen LogP contribution in [0.25, 0.3) is 0 Å². The minimum atomic E-state index is -1.65. The molecule has 5 nitrogen and oxygen atoms in total. The molecule has 0 spiro atoms. The van der Waals surface area contributed by atoms with Gasteiger partial charge in [-0.2, -0.15) is 0 Å². The van der Waals surface area contributed by atoms with Crippen molar-refractivity contribution in [1.29, 1.82) is 0 Å². The molecule has 4 N–H and O–H groups in total. The van der Waals surface area contributed by atoms with Crippen LogP contribution in [0.2, 0.25) is 0 Å². The lowest BCUT2D eigenvalue weighted by Gasteiger charge is -2.21. The largest absolute Gasteiger partial charge is 1.00 e. The van der Waals surface area contributed by atoms with Gasteiger partial charge in [0.1, 0.15) is 18.3 Å². The molecular formula is C6H13O5+. The van der Waals surface area contributed by atoms with Crippen LogP contribution < -0.4 is 0 Å². The average Bonchev–Trinajstić information content (AvgIpc) is 2.00. The summed E-state index contributed by atoms with van der Waals surface area (Å²) in [4.78, 5) is 9.87. The molecule has 0 radical (unpaired) electrons. The first kappa shape index (κ1) is 10.5. The Morgan fingerprint density at radius 1 is 1.18 bits per heavy atom. The van der Waals surface area contributed by atoms with Crippen LogP contribution in [-0.2, 0) is 4.79 Å². The topological polar surface area (TPSA) is 98.0 Å². The Morgan fingerprint density at radius 2 is 1.64 bits per heavy atom. The summed E-state index contributed by atoms with van der Waals surface area (Å²) in [5, 5.41) is 35.1. The highest BCUT2D eigenvalue weighted by Crippen LogP contribution is 2.02. The fourth-order valence-electron chi connectivity index (χ4n) is 0.568. The van der Waals surface area contributed by atoms with Crippen molar-refractivity contribution in [3.63, 3.8) is 0 Å². The molecular weight excluding hydrogens is 152 g/mol. The maximum atomic E-state index is 9.87. The fraction of sp³-hybridized carbons (Fsp3) is 0.833. The average molecular weight is 165 g/mol. The molecule has 0 fully saturated rings. The predicted molar refractivity (Wildman–Crippen MR) is 36.9 cm³/mol. The molecule has 0 unspecified atom stereocenters. The van der Waals surface area contributed by atoms with Crippen LogP contribution in [0.15, 0.2) is 0 Å². The molecule has 0 bridgehead atoms. The molecule has 5 heteroatoms. The van der Waals surface area contributed by atoms with E-state index in [9.17, 15) is 4.79 Å². The van der Waals surface area contributed by atoms with Gasteiger partial charge in [-0.05, 0) is 6.92 Å². The van der Waals surface area contributed by atoms with Crippen LogP contribution in [0.5, 0.6) is 0 Å². The van der Waals surface area contributed by atoms with Crippen LogP contribution in [-0.4, -0.2) is 51.1 Å².